The first-order chi connectivity index (χ1) is 14.4. The molecule has 0 saturated carbocycles. The lowest BCUT2D eigenvalue weighted by Gasteiger charge is -2.10. The van der Waals surface area contributed by atoms with Gasteiger partial charge in [0.05, 0.1) is 10.6 Å². The van der Waals surface area contributed by atoms with Crippen LogP contribution in [0.5, 0.6) is 0 Å². The summed E-state index contributed by atoms with van der Waals surface area (Å²) in [6.07, 6.45) is 0.354. The molecule has 156 valence electrons. The second kappa shape index (κ2) is 10.3. The average molecular weight is 445 g/mol. The van der Waals surface area contributed by atoms with E-state index in [1.165, 1.54) is 54.1 Å². The van der Waals surface area contributed by atoms with Crippen LogP contribution in [0.4, 0.5) is 15.8 Å². The number of para-hydroxylation sites is 1. The fraction of sp³-hybridized carbons (Fsp3) is 0.136. The highest BCUT2D eigenvalue weighted by molar-refractivity contribution is 7.98. The number of nitrogens with one attached hydrogen (secondary N) is 2. The first kappa shape index (κ1) is 21.9. The number of anilines is 2. The van der Waals surface area contributed by atoms with Crippen molar-refractivity contribution in [3.63, 3.8) is 0 Å². The van der Waals surface area contributed by atoms with Crippen LogP contribution < -0.4 is 10.0 Å². The van der Waals surface area contributed by atoms with Crippen molar-refractivity contribution in [1.29, 1.82) is 0 Å². The molecule has 2 N–H and O–H groups in total. The summed E-state index contributed by atoms with van der Waals surface area (Å²) < 4.78 is 40.7. The van der Waals surface area contributed by atoms with Crippen molar-refractivity contribution in [2.24, 2.45) is 0 Å². The number of amides is 1. The maximum Gasteiger partial charge on any atom is 0.261 e. The Hall–Kier alpha value is -2.84. The minimum Gasteiger partial charge on any atom is -0.326 e. The third-order valence-corrected chi connectivity index (χ3v) is 6.56. The Morgan fingerprint density at radius 1 is 0.900 bits per heavy atom. The second-order valence-electron chi connectivity index (χ2n) is 6.45. The Morgan fingerprint density at radius 3 is 2.27 bits per heavy atom. The molecule has 0 atom stereocenters. The summed E-state index contributed by atoms with van der Waals surface area (Å²) in [5, 5.41) is 2.75. The van der Waals surface area contributed by atoms with Crippen LogP contribution in [0.25, 0.3) is 0 Å². The third-order valence-electron chi connectivity index (χ3n) is 4.15. The Kier molecular flexibility index (Phi) is 7.48. The van der Waals surface area contributed by atoms with E-state index >= 15 is 0 Å². The van der Waals surface area contributed by atoms with Crippen LogP contribution in [0.1, 0.15) is 12.0 Å². The summed E-state index contributed by atoms with van der Waals surface area (Å²) >= 11 is 1.67. The van der Waals surface area contributed by atoms with Crippen LogP contribution in [0, 0.1) is 5.82 Å². The fourth-order valence-corrected chi connectivity index (χ4v) is 4.59. The van der Waals surface area contributed by atoms with Gasteiger partial charge in [0.1, 0.15) is 5.82 Å². The molecule has 0 radical (unpaired) electrons. The first-order valence-corrected chi connectivity index (χ1v) is 11.9. The van der Waals surface area contributed by atoms with Crippen molar-refractivity contribution in [2.45, 2.75) is 17.1 Å². The number of carbonyl (C=O) groups is 1. The zero-order valence-corrected chi connectivity index (χ0v) is 17.7. The molecule has 30 heavy (non-hydrogen) atoms. The molecule has 0 bridgehead atoms. The van der Waals surface area contributed by atoms with Crippen molar-refractivity contribution >= 4 is 39.1 Å². The van der Waals surface area contributed by atoms with E-state index in [2.05, 4.69) is 10.0 Å². The van der Waals surface area contributed by atoms with Crippen LogP contribution in [-0.2, 0) is 20.6 Å². The predicted molar refractivity (Wildman–Crippen MR) is 120 cm³/mol. The lowest BCUT2D eigenvalue weighted by atomic mass is 10.2. The molecule has 0 saturated heterocycles. The molecule has 3 aromatic carbocycles. The lowest BCUT2D eigenvalue weighted by molar-refractivity contribution is -0.115. The number of hydrogen-bond acceptors (Lipinski definition) is 4. The van der Waals surface area contributed by atoms with Gasteiger partial charge >= 0.3 is 0 Å². The van der Waals surface area contributed by atoms with Crippen molar-refractivity contribution in [3.8, 4) is 0 Å². The third kappa shape index (κ3) is 6.33. The minimum atomic E-state index is -3.93. The lowest BCUT2D eigenvalue weighted by Crippen LogP contribution is -2.15. The number of benzene rings is 3. The quantitative estimate of drug-likeness (QED) is 0.461. The van der Waals surface area contributed by atoms with Gasteiger partial charge in [-0.3, -0.25) is 9.52 Å². The molecule has 8 heteroatoms. The molecule has 0 heterocycles. The molecule has 0 aliphatic heterocycles. The number of carbonyl (C=O) groups excluding carboxylic acids is 1. The summed E-state index contributed by atoms with van der Waals surface area (Å²) in [5.41, 5.74) is 1.59. The zero-order chi connectivity index (χ0) is 21.4. The monoisotopic (exact) mass is 444 g/mol. The molecule has 0 aliphatic carbocycles. The van der Waals surface area contributed by atoms with Crippen LogP contribution in [-0.4, -0.2) is 20.1 Å². The number of halogens is 1. The van der Waals surface area contributed by atoms with Gasteiger partial charge in [-0.2, -0.15) is 11.8 Å². The van der Waals surface area contributed by atoms with Crippen LogP contribution in [0.3, 0.4) is 0 Å². The van der Waals surface area contributed by atoms with E-state index < -0.39 is 15.8 Å². The maximum absolute atomic E-state index is 13.7. The Morgan fingerprint density at radius 2 is 1.57 bits per heavy atom. The average Bonchev–Trinajstić information content (AvgIpc) is 2.74. The van der Waals surface area contributed by atoms with E-state index in [0.717, 1.165) is 5.75 Å². The van der Waals surface area contributed by atoms with Crippen molar-refractivity contribution in [3.05, 3.63) is 90.2 Å². The van der Waals surface area contributed by atoms with E-state index in [1.807, 2.05) is 30.3 Å². The standard InChI is InChI=1S/C22H21FN2O3S2/c23-20-8-4-5-9-21(20)25-30(27,28)19-12-10-18(11-13-19)24-22(26)14-15-29-16-17-6-2-1-3-7-17/h1-13,25H,14-16H2,(H,24,26). The van der Waals surface area contributed by atoms with Gasteiger partial charge in [0.15, 0.2) is 0 Å². The molecule has 3 rings (SSSR count). The minimum absolute atomic E-state index is 0.0258. The van der Waals surface area contributed by atoms with E-state index in [-0.39, 0.29) is 16.5 Å². The molecule has 0 aliphatic rings. The van der Waals surface area contributed by atoms with Crippen molar-refractivity contribution in [2.75, 3.05) is 15.8 Å². The smallest absolute Gasteiger partial charge is 0.261 e. The van der Waals surface area contributed by atoms with Gasteiger partial charge in [-0.15, -0.1) is 0 Å². The molecule has 0 aromatic heterocycles. The Balaban J connectivity index is 1.50. The van der Waals surface area contributed by atoms with Crippen LogP contribution in [0.15, 0.2) is 83.8 Å². The van der Waals surface area contributed by atoms with Gasteiger partial charge in [-0.1, -0.05) is 42.5 Å². The highest BCUT2D eigenvalue weighted by Gasteiger charge is 2.16. The Bertz CT molecular complexity index is 1090. The van der Waals surface area contributed by atoms with Crippen molar-refractivity contribution in [1.82, 2.24) is 0 Å². The largest absolute Gasteiger partial charge is 0.326 e. The van der Waals surface area contributed by atoms with E-state index in [4.69, 9.17) is 0 Å². The summed E-state index contributed by atoms with van der Waals surface area (Å²) in [6, 6.07) is 21.3. The van der Waals surface area contributed by atoms with Gasteiger partial charge in [-0.25, -0.2) is 12.8 Å². The highest BCUT2D eigenvalue weighted by Crippen LogP contribution is 2.20. The van der Waals surface area contributed by atoms with E-state index in [9.17, 15) is 17.6 Å². The first-order valence-electron chi connectivity index (χ1n) is 9.23. The van der Waals surface area contributed by atoms with Gasteiger partial charge < -0.3 is 5.32 Å². The van der Waals surface area contributed by atoms with E-state index in [0.29, 0.717) is 17.9 Å². The Labute approximate surface area is 179 Å². The molecule has 0 spiro atoms. The van der Waals surface area contributed by atoms with Gasteiger partial charge in [-0.05, 0) is 42.0 Å². The molecule has 5 nitrogen and oxygen atoms in total. The van der Waals surface area contributed by atoms with Crippen LogP contribution >= 0.6 is 11.8 Å². The highest BCUT2D eigenvalue weighted by atomic mass is 32.2. The SMILES string of the molecule is O=C(CCSCc1ccccc1)Nc1ccc(S(=O)(=O)Nc2ccccc2F)cc1. The van der Waals surface area contributed by atoms with Crippen LogP contribution in [0.2, 0.25) is 0 Å². The summed E-state index contributed by atoms with van der Waals surface area (Å²) in [6.45, 7) is 0. The molecule has 0 fully saturated rings. The molecule has 0 unspecified atom stereocenters. The van der Waals surface area contributed by atoms with E-state index in [1.54, 1.807) is 11.8 Å². The maximum atomic E-state index is 13.7. The number of rotatable bonds is 9. The van der Waals surface area contributed by atoms with Gasteiger partial charge in [0, 0.05) is 23.6 Å². The zero-order valence-electron chi connectivity index (χ0n) is 16.0. The molecular formula is C22H21FN2O3S2. The summed E-state index contributed by atoms with van der Waals surface area (Å²) in [7, 11) is -3.93. The van der Waals surface area contributed by atoms with Gasteiger partial charge in [0.25, 0.3) is 10.0 Å². The normalized spacial score (nSPS) is 11.1. The van der Waals surface area contributed by atoms with Crippen molar-refractivity contribution < 1.29 is 17.6 Å². The number of thioether (sulfide) groups is 1. The number of sulfonamides is 1. The molecular weight excluding hydrogens is 423 g/mol. The van der Waals surface area contributed by atoms with Gasteiger partial charge in [0.2, 0.25) is 5.91 Å². The summed E-state index contributed by atoms with van der Waals surface area (Å²) in [4.78, 5) is 12.1. The molecule has 3 aromatic rings. The summed E-state index contributed by atoms with van der Waals surface area (Å²) in [5.74, 6) is 0.723. The predicted octanol–water partition coefficient (Wildman–Crippen LogP) is 4.89. The molecule has 1 amide bonds. The fourth-order valence-electron chi connectivity index (χ4n) is 2.62. The topological polar surface area (TPSA) is 75.3 Å². The number of hydrogen-bond donors (Lipinski definition) is 2. The second-order valence-corrected chi connectivity index (χ2v) is 9.23.